The Morgan fingerprint density at radius 2 is 2.04 bits per heavy atom. The van der Waals surface area contributed by atoms with Crippen LogP contribution in [0, 0.1) is 5.82 Å². The Kier molecular flexibility index (Phi) is 4.74. The number of aromatic nitrogens is 2. The third-order valence-corrected chi connectivity index (χ3v) is 3.72. The van der Waals surface area contributed by atoms with Gasteiger partial charge in [-0.15, -0.1) is 0 Å². The van der Waals surface area contributed by atoms with E-state index in [0.717, 1.165) is 10.2 Å². The molecule has 0 aliphatic carbocycles. The van der Waals surface area contributed by atoms with Crippen molar-refractivity contribution in [1.29, 1.82) is 0 Å². The molecule has 0 saturated heterocycles. The van der Waals surface area contributed by atoms with E-state index in [1.165, 1.54) is 36.6 Å². The first-order valence-electron chi connectivity index (χ1n) is 7.75. The first-order valence-corrected chi connectivity index (χ1v) is 7.75. The van der Waals surface area contributed by atoms with Gasteiger partial charge in [0.2, 0.25) is 0 Å². The van der Waals surface area contributed by atoms with E-state index in [-0.39, 0.29) is 17.3 Å². The molecular formula is C18H16FN3O3. The summed E-state index contributed by atoms with van der Waals surface area (Å²) in [5.74, 6) is -0.943. The molecule has 1 amide bonds. The lowest BCUT2D eigenvalue weighted by Gasteiger charge is -2.20. The average Bonchev–Trinajstić information content (AvgIpc) is 3.13. The molecule has 0 spiro atoms. The molecule has 0 radical (unpaired) electrons. The zero-order valence-corrected chi connectivity index (χ0v) is 13.6. The molecule has 6 nitrogen and oxygen atoms in total. The van der Waals surface area contributed by atoms with Gasteiger partial charge in [0.25, 0.3) is 11.5 Å². The van der Waals surface area contributed by atoms with E-state index >= 15 is 0 Å². The normalized spacial score (nSPS) is 10.6. The maximum absolute atomic E-state index is 14.0. The van der Waals surface area contributed by atoms with Crippen molar-refractivity contribution in [3.63, 3.8) is 0 Å². The summed E-state index contributed by atoms with van der Waals surface area (Å²) in [5, 5.41) is 4.05. The number of carbonyl (C=O) groups is 1. The summed E-state index contributed by atoms with van der Waals surface area (Å²) in [4.78, 5) is 26.3. The molecule has 25 heavy (non-hydrogen) atoms. The summed E-state index contributed by atoms with van der Waals surface area (Å²) in [7, 11) is 0. The number of hydrogen-bond donors (Lipinski definition) is 0. The van der Waals surface area contributed by atoms with Gasteiger partial charge in [0, 0.05) is 24.7 Å². The monoisotopic (exact) mass is 341 g/mol. The van der Waals surface area contributed by atoms with Gasteiger partial charge in [0.1, 0.15) is 17.2 Å². The van der Waals surface area contributed by atoms with E-state index in [0.29, 0.717) is 13.1 Å². The fraction of sp³-hybridized carbons (Fsp3) is 0.167. The van der Waals surface area contributed by atoms with E-state index < -0.39 is 11.4 Å². The van der Waals surface area contributed by atoms with Crippen LogP contribution in [0.5, 0.6) is 0 Å². The number of halogens is 1. The van der Waals surface area contributed by atoms with E-state index in [1.54, 1.807) is 23.3 Å². The van der Waals surface area contributed by atoms with Crippen molar-refractivity contribution in [2.45, 2.75) is 13.5 Å². The summed E-state index contributed by atoms with van der Waals surface area (Å²) in [6, 6.07) is 10.1. The maximum Gasteiger partial charge on any atom is 0.274 e. The number of furan rings is 1. The maximum atomic E-state index is 14.0. The van der Waals surface area contributed by atoms with Crippen molar-refractivity contribution in [2.75, 3.05) is 6.54 Å². The Morgan fingerprint density at radius 1 is 1.24 bits per heavy atom. The highest BCUT2D eigenvalue weighted by atomic mass is 19.1. The third-order valence-electron chi connectivity index (χ3n) is 3.72. The minimum absolute atomic E-state index is 0.0000306. The predicted octanol–water partition coefficient (Wildman–Crippen LogP) is 2.63. The van der Waals surface area contributed by atoms with Crippen LogP contribution in [0.1, 0.15) is 23.0 Å². The van der Waals surface area contributed by atoms with Gasteiger partial charge in [0.15, 0.2) is 0 Å². The molecule has 1 aromatic carbocycles. The number of benzene rings is 1. The molecule has 0 saturated carbocycles. The number of amides is 1. The molecule has 0 fully saturated rings. The molecule has 0 unspecified atom stereocenters. The van der Waals surface area contributed by atoms with Gasteiger partial charge in [-0.2, -0.15) is 9.78 Å². The largest absolute Gasteiger partial charge is 0.472 e. The molecule has 2 aromatic heterocycles. The fourth-order valence-corrected chi connectivity index (χ4v) is 2.41. The van der Waals surface area contributed by atoms with Crippen LogP contribution in [0.15, 0.2) is 64.2 Å². The number of carbonyl (C=O) groups excluding carboxylic acids is 1. The standard InChI is InChI=1S/C18H16FN3O3/c1-2-21(11-13-9-10-25-12-13)18(24)15-7-8-17(23)22(20-15)16-6-4-3-5-14(16)19/h3-10,12H,2,11H2,1H3. The zero-order chi connectivity index (χ0) is 17.8. The lowest BCUT2D eigenvalue weighted by atomic mass is 10.2. The van der Waals surface area contributed by atoms with Gasteiger partial charge in [-0.05, 0) is 31.2 Å². The van der Waals surface area contributed by atoms with Crippen molar-refractivity contribution in [2.24, 2.45) is 0 Å². The SMILES string of the molecule is CCN(Cc1ccoc1)C(=O)c1ccc(=O)n(-c2ccccc2F)n1. The van der Waals surface area contributed by atoms with Crippen molar-refractivity contribution in [3.8, 4) is 5.69 Å². The van der Waals surface area contributed by atoms with Crippen LogP contribution in [-0.4, -0.2) is 27.1 Å². The Hall–Kier alpha value is -3.22. The van der Waals surface area contributed by atoms with Crippen molar-refractivity contribution in [3.05, 3.63) is 82.4 Å². The molecule has 0 bridgehead atoms. The Balaban J connectivity index is 1.94. The molecule has 7 heteroatoms. The highest BCUT2D eigenvalue weighted by Crippen LogP contribution is 2.11. The first kappa shape index (κ1) is 16.6. The van der Waals surface area contributed by atoms with E-state index in [4.69, 9.17) is 4.42 Å². The number of rotatable bonds is 5. The van der Waals surface area contributed by atoms with E-state index in [2.05, 4.69) is 5.10 Å². The smallest absolute Gasteiger partial charge is 0.274 e. The third kappa shape index (κ3) is 3.50. The van der Waals surface area contributed by atoms with Crippen LogP contribution in [0.3, 0.4) is 0 Å². The summed E-state index contributed by atoms with van der Waals surface area (Å²) < 4.78 is 19.9. The van der Waals surface area contributed by atoms with E-state index in [9.17, 15) is 14.0 Å². The zero-order valence-electron chi connectivity index (χ0n) is 13.6. The van der Waals surface area contributed by atoms with Crippen LogP contribution in [0.25, 0.3) is 5.69 Å². The molecule has 0 N–H and O–H groups in total. The topological polar surface area (TPSA) is 68.3 Å². The van der Waals surface area contributed by atoms with Crippen LogP contribution < -0.4 is 5.56 Å². The lowest BCUT2D eigenvalue weighted by Crippen LogP contribution is -2.33. The molecule has 3 aromatic rings. The molecule has 3 rings (SSSR count). The molecular weight excluding hydrogens is 325 g/mol. The summed E-state index contributed by atoms with van der Waals surface area (Å²) in [6.07, 6.45) is 3.09. The van der Waals surface area contributed by atoms with Crippen molar-refractivity contribution in [1.82, 2.24) is 14.7 Å². The van der Waals surface area contributed by atoms with Gasteiger partial charge in [-0.3, -0.25) is 9.59 Å². The fourth-order valence-electron chi connectivity index (χ4n) is 2.41. The second-order valence-corrected chi connectivity index (χ2v) is 5.37. The second kappa shape index (κ2) is 7.12. The summed E-state index contributed by atoms with van der Waals surface area (Å²) in [5.41, 5.74) is 0.394. The van der Waals surface area contributed by atoms with Crippen LogP contribution in [0.2, 0.25) is 0 Å². The summed E-state index contributed by atoms with van der Waals surface area (Å²) >= 11 is 0. The molecule has 2 heterocycles. The first-order chi connectivity index (χ1) is 12.1. The minimum Gasteiger partial charge on any atom is -0.472 e. The van der Waals surface area contributed by atoms with Crippen molar-refractivity contribution >= 4 is 5.91 Å². The van der Waals surface area contributed by atoms with E-state index in [1.807, 2.05) is 6.92 Å². The highest BCUT2D eigenvalue weighted by molar-refractivity contribution is 5.92. The van der Waals surface area contributed by atoms with Crippen molar-refractivity contribution < 1.29 is 13.6 Å². The molecule has 0 atom stereocenters. The van der Waals surface area contributed by atoms with Gasteiger partial charge >= 0.3 is 0 Å². The van der Waals surface area contributed by atoms with Crippen LogP contribution in [0.4, 0.5) is 4.39 Å². The van der Waals surface area contributed by atoms with Gasteiger partial charge in [-0.25, -0.2) is 4.39 Å². The second-order valence-electron chi connectivity index (χ2n) is 5.37. The predicted molar refractivity (Wildman–Crippen MR) is 88.9 cm³/mol. The van der Waals surface area contributed by atoms with Gasteiger partial charge < -0.3 is 9.32 Å². The summed E-state index contributed by atoms with van der Waals surface area (Å²) in [6.45, 7) is 2.64. The minimum atomic E-state index is -0.590. The van der Waals surface area contributed by atoms with Crippen LogP contribution >= 0.6 is 0 Å². The number of nitrogens with zero attached hydrogens (tertiary/aromatic N) is 3. The van der Waals surface area contributed by atoms with Crippen LogP contribution in [-0.2, 0) is 6.54 Å². The lowest BCUT2D eigenvalue weighted by molar-refractivity contribution is 0.0744. The quantitative estimate of drug-likeness (QED) is 0.715. The number of para-hydroxylation sites is 1. The molecule has 128 valence electrons. The average molecular weight is 341 g/mol. The Bertz CT molecular complexity index is 935. The highest BCUT2D eigenvalue weighted by Gasteiger charge is 2.18. The van der Waals surface area contributed by atoms with Gasteiger partial charge in [0.05, 0.1) is 12.5 Å². The Labute approximate surface area is 143 Å². The number of hydrogen-bond acceptors (Lipinski definition) is 4. The Morgan fingerprint density at radius 3 is 2.72 bits per heavy atom. The van der Waals surface area contributed by atoms with Gasteiger partial charge in [-0.1, -0.05) is 12.1 Å². The molecule has 0 aliphatic heterocycles. The molecule has 0 aliphatic rings.